The van der Waals surface area contributed by atoms with E-state index in [1.54, 1.807) is 17.7 Å². The summed E-state index contributed by atoms with van der Waals surface area (Å²) in [5, 5.41) is 8.63. The zero-order valence-electron chi connectivity index (χ0n) is 13.9. The number of hydrogen-bond donors (Lipinski definition) is 1. The van der Waals surface area contributed by atoms with E-state index in [0.29, 0.717) is 22.7 Å². The van der Waals surface area contributed by atoms with Gasteiger partial charge < -0.3 is 4.42 Å². The lowest BCUT2D eigenvalue weighted by atomic mass is 10.1. The summed E-state index contributed by atoms with van der Waals surface area (Å²) in [4.78, 5) is 12.0. The first-order chi connectivity index (χ1) is 12.1. The molecule has 0 aliphatic carbocycles. The maximum absolute atomic E-state index is 12.0. The second kappa shape index (κ2) is 5.90. The van der Waals surface area contributed by atoms with Gasteiger partial charge in [0.25, 0.3) is 5.91 Å². The third-order valence-corrected chi connectivity index (χ3v) is 4.00. The highest BCUT2D eigenvalue weighted by Crippen LogP contribution is 2.28. The molecule has 1 aromatic carbocycles. The number of furan rings is 1. The first kappa shape index (κ1) is 15.1. The summed E-state index contributed by atoms with van der Waals surface area (Å²) in [5.41, 5.74) is 6.05. The normalized spacial score (nSPS) is 15.5. The Morgan fingerprint density at radius 1 is 1.12 bits per heavy atom. The minimum Gasteiger partial charge on any atom is -0.460 e. The van der Waals surface area contributed by atoms with E-state index in [4.69, 9.17) is 4.42 Å². The van der Waals surface area contributed by atoms with Crippen molar-refractivity contribution < 1.29 is 9.21 Å². The van der Waals surface area contributed by atoms with Gasteiger partial charge in [0, 0.05) is 11.8 Å². The molecular weight excluding hydrogens is 316 g/mol. The molecular formula is C19H16N4O2. The van der Waals surface area contributed by atoms with Gasteiger partial charge in [0.05, 0.1) is 17.0 Å². The van der Waals surface area contributed by atoms with Crippen molar-refractivity contribution in [2.75, 3.05) is 0 Å². The van der Waals surface area contributed by atoms with Crippen molar-refractivity contribution in [1.82, 2.24) is 15.2 Å². The number of benzene rings is 1. The maximum Gasteiger partial charge on any atom is 0.273 e. The number of carbonyl (C=O) groups excluding carboxylic acids is 1. The number of nitrogens with zero attached hydrogens (tertiary/aromatic N) is 3. The summed E-state index contributed by atoms with van der Waals surface area (Å²) < 4.78 is 7.52. The molecule has 0 spiro atoms. The van der Waals surface area contributed by atoms with E-state index in [9.17, 15) is 4.79 Å². The van der Waals surface area contributed by atoms with E-state index < -0.39 is 0 Å². The molecule has 2 aromatic heterocycles. The van der Waals surface area contributed by atoms with Crippen LogP contribution >= 0.6 is 0 Å². The molecule has 6 nitrogen and oxygen atoms in total. The molecule has 3 aromatic rings. The van der Waals surface area contributed by atoms with Crippen LogP contribution < -0.4 is 5.43 Å². The quantitative estimate of drug-likeness (QED) is 0.748. The molecule has 0 atom stereocenters. The first-order valence-corrected chi connectivity index (χ1v) is 7.90. The highest BCUT2D eigenvalue weighted by Gasteiger charge is 2.21. The zero-order chi connectivity index (χ0) is 17.4. The van der Waals surface area contributed by atoms with E-state index in [0.717, 1.165) is 17.0 Å². The number of aromatic nitrogens is 2. The summed E-state index contributed by atoms with van der Waals surface area (Å²) in [7, 11) is 0. The van der Waals surface area contributed by atoms with Crippen molar-refractivity contribution in [1.29, 1.82) is 0 Å². The van der Waals surface area contributed by atoms with Crippen LogP contribution in [0.25, 0.3) is 23.2 Å². The van der Waals surface area contributed by atoms with Gasteiger partial charge in [-0.15, -0.1) is 0 Å². The van der Waals surface area contributed by atoms with Gasteiger partial charge in [-0.2, -0.15) is 10.2 Å². The number of rotatable bonds is 3. The molecule has 1 aliphatic rings. The Kier molecular flexibility index (Phi) is 3.57. The van der Waals surface area contributed by atoms with Crippen molar-refractivity contribution >= 4 is 17.7 Å². The molecule has 0 unspecified atom stereocenters. The van der Waals surface area contributed by atoms with Gasteiger partial charge in [0.1, 0.15) is 11.5 Å². The Morgan fingerprint density at radius 2 is 1.92 bits per heavy atom. The van der Waals surface area contributed by atoms with Crippen molar-refractivity contribution in [3.05, 3.63) is 65.6 Å². The minimum atomic E-state index is -0.216. The molecule has 6 heteroatoms. The molecule has 0 saturated carbocycles. The molecule has 4 rings (SSSR count). The lowest BCUT2D eigenvalue weighted by Crippen LogP contribution is -2.12. The van der Waals surface area contributed by atoms with Crippen molar-refractivity contribution in [2.24, 2.45) is 5.10 Å². The van der Waals surface area contributed by atoms with Gasteiger partial charge in [0.15, 0.2) is 5.76 Å². The fourth-order valence-electron chi connectivity index (χ4n) is 2.70. The Balaban J connectivity index is 1.87. The van der Waals surface area contributed by atoms with Crippen LogP contribution in [0, 0.1) is 6.92 Å². The van der Waals surface area contributed by atoms with Gasteiger partial charge in [-0.25, -0.2) is 10.1 Å². The van der Waals surface area contributed by atoms with Crippen molar-refractivity contribution in [3.63, 3.8) is 0 Å². The Hall–Kier alpha value is -3.41. The number of nitrogens with one attached hydrogen (secondary N) is 1. The molecule has 0 bridgehead atoms. The predicted octanol–water partition coefficient (Wildman–Crippen LogP) is 3.33. The van der Waals surface area contributed by atoms with Gasteiger partial charge >= 0.3 is 0 Å². The van der Waals surface area contributed by atoms with Crippen LogP contribution in [0.1, 0.15) is 18.2 Å². The van der Waals surface area contributed by atoms with Crippen LogP contribution in [0.4, 0.5) is 0 Å². The fourth-order valence-corrected chi connectivity index (χ4v) is 2.70. The topological polar surface area (TPSA) is 72.4 Å². The third kappa shape index (κ3) is 2.78. The number of amides is 1. The van der Waals surface area contributed by atoms with Gasteiger partial charge in [0.2, 0.25) is 0 Å². The van der Waals surface area contributed by atoms with E-state index in [-0.39, 0.29) is 5.91 Å². The van der Waals surface area contributed by atoms with Gasteiger partial charge in [-0.05, 0) is 44.2 Å². The number of para-hydroxylation sites is 1. The molecule has 0 radical (unpaired) electrons. The highest BCUT2D eigenvalue weighted by atomic mass is 16.3. The van der Waals surface area contributed by atoms with Crippen molar-refractivity contribution in [2.45, 2.75) is 13.8 Å². The Bertz CT molecular complexity index is 1010. The van der Waals surface area contributed by atoms with E-state index in [2.05, 4.69) is 15.6 Å². The average molecular weight is 332 g/mol. The molecule has 0 saturated heterocycles. The van der Waals surface area contributed by atoms with Crippen LogP contribution in [0.15, 0.2) is 63.8 Å². The van der Waals surface area contributed by atoms with Gasteiger partial charge in [-0.1, -0.05) is 18.2 Å². The van der Waals surface area contributed by atoms with E-state index in [1.807, 2.05) is 55.6 Å². The second-order valence-corrected chi connectivity index (χ2v) is 5.82. The predicted molar refractivity (Wildman–Crippen MR) is 95.2 cm³/mol. The molecule has 1 aliphatic heterocycles. The summed E-state index contributed by atoms with van der Waals surface area (Å²) in [5.74, 6) is 1.25. The van der Waals surface area contributed by atoms with Crippen LogP contribution in [-0.2, 0) is 4.79 Å². The second-order valence-electron chi connectivity index (χ2n) is 5.82. The standard InChI is InChI=1S/C19H16N4O2/c1-12-8-9-17(25-12)18-14(10-16-13(2)20-21-19(16)24)11-23(22-18)15-6-4-3-5-7-15/h3-11H,1-2H3,(H,21,24). The average Bonchev–Trinajstić information content (AvgIpc) is 3.31. The maximum atomic E-state index is 12.0. The summed E-state index contributed by atoms with van der Waals surface area (Å²) in [6.07, 6.45) is 3.68. The lowest BCUT2D eigenvalue weighted by molar-refractivity contribution is -0.116. The van der Waals surface area contributed by atoms with Crippen LogP contribution in [-0.4, -0.2) is 21.4 Å². The summed E-state index contributed by atoms with van der Waals surface area (Å²) >= 11 is 0. The van der Waals surface area contributed by atoms with E-state index >= 15 is 0 Å². The number of hydrogen-bond acceptors (Lipinski definition) is 4. The monoisotopic (exact) mass is 332 g/mol. The SMILES string of the molecule is CC1=NNC(=O)C1=Cc1cn(-c2ccccc2)nc1-c1ccc(C)o1. The molecule has 25 heavy (non-hydrogen) atoms. The largest absolute Gasteiger partial charge is 0.460 e. The molecule has 0 fully saturated rings. The Labute approximate surface area is 144 Å². The van der Waals surface area contributed by atoms with E-state index in [1.165, 1.54) is 0 Å². The number of carbonyl (C=O) groups is 1. The molecule has 124 valence electrons. The third-order valence-electron chi connectivity index (χ3n) is 4.00. The number of hydrazone groups is 1. The summed E-state index contributed by atoms with van der Waals surface area (Å²) in [6, 6.07) is 13.6. The smallest absolute Gasteiger partial charge is 0.273 e. The lowest BCUT2D eigenvalue weighted by Gasteiger charge is -1.98. The minimum absolute atomic E-state index is 0.216. The molecule has 3 heterocycles. The summed E-state index contributed by atoms with van der Waals surface area (Å²) in [6.45, 7) is 3.68. The fraction of sp³-hybridized carbons (Fsp3) is 0.105. The van der Waals surface area contributed by atoms with Crippen LogP contribution in [0.2, 0.25) is 0 Å². The molecule has 1 N–H and O–H groups in total. The number of aryl methyl sites for hydroxylation is 1. The molecule has 1 amide bonds. The van der Waals surface area contributed by atoms with Crippen LogP contribution in [0.5, 0.6) is 0 Å². The first-order valence-electron chi connectivity index (χ1n) is 7.90. The Morgan fingerprint density at radius 3 is 2.56 bits per heavy atom. The highest BCUT2D eigenvalue weighted by molar-refractivity contribution is 6.26. The zero-order valence-corrected chi connectivity index (χ0v) is 13.9. The van der Waals surface area contributed by atoms with Gasteiger partial charge in [-0.3, -0.25) is 4.79 Å². The van der Waals surface area contributed by atoms with Crippen molar-refractivity contribution in [3.8, 4) is 17.1 Å². The van der Waals surface area contributed by atoms with Crippen LogP contribution in [0.3, 0.4) is 0 Å².